The largest absolute Gasteiger partial charge is 0.490 e. The van der Waals surface area contributed by atoms with Crippen molar-refractivity contribution in [2.45, 2.75) is 63.1 Å². The highest BCUT2D eigenvalue weighted by atomic mass is 19.4. The third kappa shape index (κ3) is 9.77. The third-order valence-electron chi connectivity index (χ3n) is 6.71. The molecule has 0 spiro atoms. The number of carbonyl (C=O) groups is 3. The first-order valence-electron chi connectivity index (χ1n) is 12.4. The molecule has 3 atom stereocenters. The van der Waals surface area contributed by atoms with E-state index in [4.69, 9.17) is 24.5 Å². The molecule has 0 aromatic carbocycles. The molecule has 2 fully saturated rings. The SMILES string of the molecule is CO[C@H]1CCN(C(=O)C2=CCCCC2)[C@@H]2CN(Cc3ccncc3)C[C@H]12.O=C(O)C(F)(F)F.O=C(O)C(F)(F)F. The number of nitrogens with zero attached hydrogens (tertiary/aromatic N) is 3. The topological polar surface area (TPSA) is 120 Å². The second-order valence-electron chi connectivity index (χ2n) is 9.42. The summed E-state index contributed by atoms with van der Waals surface area (Å²) in [5, 5.41) is 14.2. The zero-order valence-electron chi connectivity index (χ0n) is 21.6. The highest BCUT2D eigenvalue weighted by Crippen LogP contribution is 2.35. The van der Waals surface area contributed by atoms with E-state index in [1.54, 1.807) is 0 Å². The van der Waals surface area contributed by atoms with Crippen molar-refractivity contribution in [3.8, 4) is 0 Å². The molecule has 3 aliphatic rings. The monoisotopic (exact) mass is 583 g/mol. The number of likely N-dealkylation sites (tertiary alicyclic amines) is 2. The number of amides is 1. The quantitative estimate of drug-likeness (QED) is 0.513. The van der Waals surface area contributed by atoms with E-state index >= 15 is 0 Å². The molecule has 2 saturated heterocycles. The molecule has 0 bridgehead atoms. The van der Waals surface area contributed by atoms with Gasteiger partial charge in [-0.1, -0.05) is 6.08 Å². The lowest BCUT2D eigenvalue weighted by molar-refractivity contribution is -0.193. The molecule has 0 saturated carbocycles. The number of aliphatic carboxylic acids is 2. The number of allylic oxidation sites excluding steroid dienone is 1. The van der Waals surface area contributed by atoms with Crippen LogP contribution in [0.15, 0.2) is 36.2 Å². The summed E-state index contributed by atoms with van der Waals surface area (Å²) in [7, 11) is 1.81. The maximum absolute atomic E-state index is 13.1. The Kier molecular flexibility index (Phi) is 11.9. The minimum atomic E-state index is -5.08. The van der Waals surface area contributed by atoms with Crippen molar-refractivity contribution in [3.05, 3.63) is 41.7 Å². The lowest BCUT2D eigenvalue weighted by Crippen LogP contribution is -2.54. The molecule has 0 unspecified atom stereocenters. The number of halogens is 6. The highest BCUT2D eigenvalue weighted by molar-refractivity contribution is 5.94. The number of ether oxygens (including phenoxy) is 1. The van der Waals surface area contributed by atoms with Gasteiger partial charge >= 0.3 is 24.3 Å². The number of methoxy groups -OCH3 is 1. The number of carbonyl (C=O) groups excluding carboxylic acids is 1. The smallest absolute Gasteiger partial charge is 0.475 e. The molecular weight excluding hydrogens is 552 g/mol. The molecule has 2 aliphatic heterocycles. The Labute approximate surface area is 226 Å². The van der Waals surface area contributed by atoms with Crippen LogP contribution in [0.2, 0.25) is 0 Å². The van der Waals surface area contributed by atoms with E-state index in [1.807, 2.05) is 19.5 Å². The van der Waals surface area contributed by atoms with Crippen LogP contribution in [0, 0.1) is 5.92 Å². The molecule has 1 aliphatic carbocycles. The Hall–Kier alpha value is -3.20. The van der Waals surface area contributed by atoms with Crippen molar-refractivity contribution >= 4 is 17.8 Å². The van der Waals surface area contributed by atoms with E-state index in [9.17, 15) is 31.1 Å². The summed E-state index contributed by atoms with van der Waals surface area (Å²) in [6.45, 7) is 3.66. The van der Waals surface area contributed by atoms with Crippen LogP contribution < -0.4 is 0 Å². The van der Waals surface area contributed by atoms with Gasteiger partial charge in [0.2, 0.25) is 5.91 Å². The van der Waals surface area contributed by atoms with Crippen LogP contribution in [-0.2, 0) is 25.7 Å². The van der Waals surface area contributed by atoms with Gasteiger partial charge in [0.1, 0.15) is 0 Å². The zero-order chi connectivity index (χ0) is 30.1. The highest BCUT2D eigenvalue weighted by Gasteiger charge is 2.46. The molecule has 4 rings (SSSR count). The van der Waals surface area contributed by atoms with Gasteiger partial charge < -0.3 is 19.8 Å². The van der Waals surface area contributed by atoms with Gasteiger partial charge in [-0.15, -0.1) is 0 Å². The van der Waals surface area contributed by atoms with Crippen LogP contribution in [0.3, 0.4) is 0 Å². The molecule has 3 heterocycles. The Bertz CT molecular complexity index is 1010. The summed E-state index contributed by atoms with van der Waals surface area (Å²) in [5.41, 5.74) is 2.32. The van der Waals surface area contributed by atoms with Crippen LogP contribution in [0.1, 0.15) is 37.7 Å². The van der Waals surface area contributed by atoms with E-state index in [1.165, 1.54) is 12.0 Å². The van der Waals surface area contributed by atoms with Crippen molar-refractivity contribution < 1.29 is 55.7 Å². The molecule has 9 nitrogen and oxygen atoms in total. The van der Waals surface area contributed by atoms with Crippen LogP contribution >= 0.6 is 0 Å². The van der Waals surface area contributed by atoms with Crippen molar-refractivity contribution in [1.82, 2.24) is 14.8 Å². The maximum atomic E-state index is 13.1. The Balaban J connectivity index is 0.000000333. The van der Waals surface area contributed by atoms with Crippen LogP contribution in [0.25, 0.3) is 0 Å². The van der Waals surface area contributed by atoms with Gasteiger partial charge in [0, 0.05) is 57.2 Å². The Morgan fingerprint density at radius 3 is 2.05 bits per heavy atom. The van der Waals surface area contributed by atoms with Crippen molar-refractivity contribution in [3.63, 3.8) is 0 Å². The zero-order valence-corrected chi connectivity index (χ0v) is 21.6. The van der Waals surface area contributed by atoms with Gasteiger partial charge in [0.25, 0.3) is 0 Å². The number of rotatable bonds is 4. The summed E-state index contributed by atoms with van der Waals surface area (Å²) in [5.74, 6) is -4.83. The normalized spacial score (nSPS) is 23.0. The average molecular weight is 584 g/mol. The van der Waals surface area contributed by atoms with Gasteiger partial charge in [0.05, 0.1) is 12.1 Å². The van der Waals surface area contributed by atoms with Crippen molar-refractivity contribution in [1.29, 1.82) is 0 Å². The first-order valence-corrected chi connectivity index (χ1v) is 12.4. The molecule has 224 valence electrons. The fourth-order valence-electron chi connectivity index (χ4n) is 4.87. The predicted molar refractivity (Wildman–Crippen MR) is 128 cm³/mol. The lowest BCUT2D eigenvalue weighted by atomic mass is 9.87. The standard InChI is InChI=1S/C21H29N3O2.2C2HF3O2/c1-26-20-9-12-24(21(25)17-5-3-2-4-6-17)19-15-23(14-18(19)20)13-16-7-10-22-11-8-16;2*3-2(4,5)1(6)7/h5,7-8,10-11,18-20H,2-4,6,9,12-15H2,1H3;2*(H,6,7)/t18-,19+,20-;;/m0../s1. The van der Waals surface area contributed by atoms with E-state index < -0.39 is 24.3 Å². The molecule has 1 aromatic heterocycles. The maximum Gasteiger partial charge on any atom is 0.490 e. The van der Waals surface area contributed by atoms with Gasteiger partial charge in [-0.3, -0.25) is 14.7 Å². The number of fused-ring (bicyclic) bond motifs is 1. The van der Waals surface area contributed by atoms with Crippen LogP contribution in [0.5, 0.6) is 0 Å². The van der Waals surface area contributed by atoms with Crippen LogP contribution in [-0.4, -0.2) is 94.1 Å². The van der Waals surface area contributed by atoms with E-state index in [2.05, 4.69) is 33.0 Å². The third-order valence-corrected chi connectivity index (χ3v) is 6.71. The first-order chi connectivity index (χ1) is 18.6. The minimum Gasteiger partial charge on any atom is -0.475 e. The summed E-state index contributed by atoms with van der Waals surface area (Å²) in [6, 6.07) is 4.42. The first kappa shape index (κ1) is 33.0. The number of hydrogen-bond acceptors (Lipinski definition) is 6. The summed E-state index contributed by atoms with van der Waals surface area (Å²) < 4.78 is 69.3. The number of hydrogen-bond donors (Lipinski definition) is 2. The molecule has 1 aromatic rings. The molecule has 2 N–H and O–H groups in total. The van der Waals surface area contributed by atoms with Gasteiger partial charge in [0.15, 0.2) is 0 Å². The fourth-order valence-corrected chi connectivity index (χ4v) is 4.87. The summed E-state index contributed by atoms with van der Waals surface area (Å²) in [6.07, 6.45) is 1.27. The fraction of sp³-hybridized carbons (Fsp3) is 0.600. The molecule has 15 heteroatoms. The van der Waals surface area contributed by atoms with Crippen molar-refractivity contribution in [2.24, 2.45) is 5.92 Å². The molecular formula is C25H31F6N3O6. The second kappa shape index (κ2) is 14.4. The Morgan fingerprint density at radius 2 is 1.57 bits per heavy atom. The molecule has 0 radical (unpaired) electrons. The average Bonchev–Trinajstić information content (AvgIpc) is 3.32. The lowest BCUT2D eigenvalue weighted by Gasteiger charge is -2.41. The van der Waals surface area contributed by atoms with Crippen LogP contribution in [0.4, 0.5) is 26.3 Å². The molecule has 40 heavy (non-hydrogen) atoms. The van der Waals surface area contributed by atoms with Gasteiger partial charge in [-0.05, 0) is 49.8 Å². The molecule has 1 amide bonds. The van der Waals surface area contributed by atoms with Gasteiger partial charge in [-0.25, -0.2) is 9.59 Å². The summed E-state index contributed by atoms with van der Waals surface area (Å²) >= 11 is 0. The Morgan fingerprint density at radius 1 is 1.00 bits per heavy atom. The van der Waals surface area contributed by atoms with E-state index in [-0.39, 0.29) is 18.1 Å². The number of carboxylic acids is 2. The number of alkyl halides is 6. The van der Waals surface area contributed by atoms with E-state index in [0.717, 1.165) is 57.4 Å². The number of carboxylic acid groups (broad SMARTS) is 2. The predicted octanol–water partition coefficient (Wildman–Crippen LogP) is 3.90. The number of pyridine rings is 1. The number of piperidine rings is 1. The number of aromatic nitrogens is 1. The second-order valence-corrected chi connectivity index (χ2v) is 9.42. The summed E-state index contributed by atoms with van der Waals surface area (Å²) in [4.78, 5) is 39.7. The van der Waals surface area contributed by atoms with E-state index in [0.29, 0.717) is 5.92 Å². The van der Waals surface area contributed by atoms with Gasteiger partial charge in [-0.2, -0.15) is 26.3 Å². The minimum absolute atomic E-state index is 0.256. The van der Waals surface area contributed by atoms with Crippen molar-refractivity contribution in [2.75, 3.05) is 26.7 Å².